The maximum atomic E-state index is 13.1. The van der Waals surface area contributed by atoms with E-state index in [-0.39, 0.29) is 24.1 Å². The van der Waals surface area contributed by atoms with Gasteiger partial charge in [0.1, 0.15) is 0 Å². The average Bonchev–Trinajstić information content (AvgIpc) is 2.78. The molecule has 0 aromatic heterocycles. The van der Waals surface area contributed by atoms with Gasteiger partial charge in [-0.3, -0.25) is 4.79 Å². The number of rotatable bonds is 1. The molecule has 3 aliphatic heterocycles. The van der Waals surface area contributed by atoms with Crippen LogP contribution in [0.25, 0.3) is 0 Å². The molecule has 0 radical (unpaired) electrons. The van der Waals surface area contributed by atoms with Gasteiger partial charge in [0, 0.05) is 29.9 Å². The van der Waals surface area contributed by atoms with Crippen LogP contribution in [0.1, 0.15) is 48.0 Å². The molecule has 4 rings (SSSR count). The molecule has 0 aliphatic carbocycles. The molecule has 2 N–H and O–H groups in total. The van der Waals surface area contributed by atoms with Gasteiger partial charge >= 0.3 is 0 Å². The number of benzene rings is 1. The zero-order valence-corrected chi connectivity index (χ0v) is 12.2. The van der Waals surface area contributed by atoms with E-state index < -0.39 is 0 Å². The van der Waals surface area contributed by atoms with Crippen LogP contribution >= 0.6 is 0 Å². The van der Waals surface area contributed by atoms with Gasteiger partial charge in [-0.2, -0.15) is 0 Å². The number of nitrogens with one attached hydrogen (secondary N) is 1. The third-order valence-electron chi connectivity index (χ3n) is 5.27. The first-order valence-corrected chi connectivity index (χ1v) is 8.10. The number of carbonyl (C=O) groups is 1. The molecule has 4 nitrogen and oxygen atoms in total. The minimum atomic E-state index is -0.224. The summed E-state index contributed by atoms with van der Waals surface area (Å²) in [5, 5.41) is 13.3. The predicted molar refractivity (Wildman–Crippen MR) is 81.5 cm³/mol. The largest absolute Gasteiger partial charge is 0.393 e. The number of anilines is 1. The van der Waals surface area contributed by atoms with Gasteiger partial charge in [0.05, 0.1) is 6.10 Å². The Morgan fingerprint density at radius 2 is 2.00 bits per heavy atom. The number of hydrogen-bond donors (Lipinski definition) is 2. The molecule has 4 heteroatoms. The van der Waals surface area contributed by atoms with Gasteiger partial charge < -0.3 is 15.3 Å². The van der Waals surface area contributed by atoms with Crippen molar-refractivity contribution in [1.82, 2.24) is 4.90 Å². The third kappa shape index (κ3) is 2.13. The van der Waals surface area contributed by atoms with Crippen LogP contribution in [0.15, 0.2) is 18.2 Å². The van der Waals surface area contributed by atoms with E-state index in [4.69, 9.17) is 0 Å². The summed E-state index contributed by atoms with van der Waals surface area (Å²) in [4.78, 5) is 15.1. The molecule has 2 fully saturated rings. The van der Waals surface area contributed by atoms with Crippen molar-refractivity contribution in [2.75, 3.05) is 11.9 Å². The SMILES string of the molecule is O=C(c1cccc2c1CCCN2)N1C2CCC1CC(O)C2. The highest BCUT2D eigenvalue weighted by Crippen LogP contribution is 2.38. The lowest BCUT2D eigenvalue weighted by molar-refractivity contribution is 0.0286. The molecule has 0 spiro atoms. The van der Waals surface area contributed by atoms with Crippen molar-refractivity contribution < 1.29 is 9.90 Å². The van der Waals surface area contributed by atoms with Crippen molar-refractivity contribution in [2.24, 2.45) is 0 Å². The number of fused-ring (bicyclic) bond motifs is 3. The number of amides is 1. The topological polar surface area (TPSA) is 52.6 Å². The first-order chi connectivity index (χ1) is 10.2. The van der Waals surface area contributed by atoms with Crippen LogP contribution in [-0.4, -0.2) is 40.6 Å². The van der Waals surface area contributed by atoms with Crippen LogP contribution in [-0.2, 0) is 6.42 Å². The minimum Gasteiger partial charge on any atom is -0.393 e. The van der Waals surface area contributed by atoms with E-state index in [1.165, 1.54) is 5.56 Å². The van der Waals surface area contributed by atoms with Crippen LogP contribution in [0, 0.1) is 0 Å². The van der Waals surface area contributed by atoms with Crippen molar-refractivity contribution in [2.45, 2.75) is 56.7 Å². The Kier molecular flexibility index (Phi) is 3.14. The number of carbonyl (C=O) groups excluding carboxylic acids is 1. The van der Waals surface area contributed by atoms with E-state index in [1.54, 1.807) is 0 Å². The van der Waals surface area contributed by atoms with Crippen LogP contribution < -0.4 is 5.32 Å². The lowest BCUT2D eigenvalue weighted by atomic mass is 9.94. The lowest BCUT2D eigenvalue weighted by Gasteiger charge is -2.38. The smallest absolute Gasteiger partial charge is 0.254 e. The molecular formula is C17H22N2O2. The highest BCUT2D eigenvalue weighted by molar-refractivity contribution is 5.98. The van der Waals surface area contributed by atoms with Gasteiger partial charge in [-0.1, -0.05) is 6.07 Å². The molecule has 1 aromatic rings. The van der Waals surface area contributed by atoms with Crippen molar-refractivity contribution in [3.05, 3.63) is 29.3 Å². The molecule has 2 bridgehead atoms. The van der Waals surface area contributed by atoms with Gasteiger partial charge in [0.2, 0.25) is 0 Å². The summed E-state index contributed by atoms with van der Waals surface area (Å²) in [6.45, 7) is 0.992. The summed E-state index contributed by atoms with van der Waals surface area (Å²) in [6.07, 6.45) is 5.42. The van der Waals surface area contributed by atoms with Crippen molar-refractivity contribution in [1.29, 1.82) is 0 Å². The summed E-state index contributed by atoms with van der Waals surface area (Å²) < 4.78 is 0. The van der Waals surface area contributed by atoms with Gasteiger partial charge in [-0.05, 0) is 56.2 Å². The first kappa shape index (κ1) is 13.1. The van der Waals surface area contributed by atoms with E-state index in [0.29, 0.717) is 0 Å². The minimum absolute atomic E-state index is 0.176. The third-order valence-corrected chi connectivity index (χ3v) is 5.27. The molecule has 1 aromatic carbocycles. The maximum Gasteiger partial charge on any atom is 0.254 e. The van der Waals surface area contributed by atoms with E-state index in [2.05, 4.69) is 16.3 Å². The molecule has 3 heterocycles. The molecule has 112 valence electrons. The number of nitrogens with zero attached hydrogens (tertiary/aromatic N) is 1. The molecule has 1 amide bonds. The summed E-state index contributed by atoms with van der Waals surface area (Å²) in [6, 6.07) is 6.49. The molecular weight excluding hydrogens is 264 g/mol. The van der Waals surface area contributed by atoms with Crippen molar-refractivity contribution in [3.63, 3.8) is 0 Å². The average molecular weight is 286 g/mol. The van der Waals surface area contributed by atoms with Crippen molar-refractivity contribution >= 4 is 11.6 Å². The maximum absolute atomic E-state index is 13.1. The highest BCUT2D eigenvalue weighted by Gasteiger charge is 2.43. The number of piperidine rings is 1. The number of hydrogen-bond acceptors (Lipinski definition) is 3. The fraction of sp³-hybridized carbons (Fsp3) is 0.588. The zero-order chi connectivity index (χ0) is 14.4. The summed E-state index contributed by atoms with van der Waals surface area (Å²) in [7, 11) is 0. The van der Waals surface area contributed by atoms with Crippen LogP contribution in [0.2, 0.25) is 0 Å². The van der Waals surface area contributed by atoms with Gasteiger partial charge in [0.25, 0.3) is 5.91 Å². The Morgan fingerprint density at radius 1 is 1.24 bits per heavy atom. The van der Waals surface area contributed by atoms with Crippen molar-refractivity contribution in [3.8, 4) is 0 Å². The summed E-state index contributed by atoms with van der Waals surface area (Å²) >= 11 is 0. The Hall–Kier alpha value is -1.55. The number of aliphatic hydroxyl groups is 1. The Bertz CT molecular complexity index is 558. The quantitative estimate of drug-likeness (QED) is 0.832. The fourth-order valence-corrected chi connectivity index (χ4v) is 4.33. The van der Waals surface area contributed by atoms with Gasteiger partial charge in [-0.15, -0.1) is 0 Å². The van der Waals surface area contributed by atoms with Crippen LogP contribution in [0.3, 0.4) is 0 Å². The molecule has 3 aliphatic rings. The van der Waals surface area contributed by atoms with E-state index in [9.17, 15) is 9.90 Å². The molecule has 0 saturated carbocycles. The molecule has 21 heavy (non-hydrogen) atoms. The van der Waals surface area contributed by atoms with Gasteiger partial charge in [0.15, 0.2) is 0 Å². The van der Waals surface area contributed by atoms with E-state index >= 15 is 0 Å². The molecule has 2 saturated heterocycles. The monoisotopic (exact) mass is 286 g/mol. The Morgan fingerprint density at radius 3 is 2.76 bits per heavy atom. The highest BCUT2D eigenvalue weighted by atomic mass is 16.3. The lowest BCUT2D eigenvalue weighted by Crippen LogP contribution is -2.48. The predicted octanol–water partition coefficient (Wildman–Crippen LogP) is 2.17. The standard InChI is InChI=1S/C17H22N2O2/c20-13-9-11-6-7-12(10-13)19(11)17(21)15-3-1-5-16-14(15)4-2-8-18-16/h1,3,5,11-13,18,20H,2,4,6-10H2. The Balaban J connectivity index is 1.67. The molecule has 2 unspecified atom stereocenters. The fourth-order valence-electron chi connectivity index (χ4n) is 4.33. The second-order valence-electron chi connectivity index (χ2n) is 6.58. The zero-order valence-electron chi connectivity index (χ0n) is 12.2. The molecule has 2 atom stereocenters. The normalized spacial score (nSPS) is 30.7. The summed E-state index contributed by atoms with van der Waals surface area (Å²) in [5.74, 6) is 0.176. The van der Waals surface area contributed by atoms with Gasteiger partial charge in [-0.25, -0.2) is 0 Å². The van der Waals surface area contributed by atoms with E-state index in [0.717, 1.165) is 56.3 Å². The second kappa shape index (κ2) is 5.02. The van der Waals surface area contributed by atoms with E-state index in [1.807, 2.05) is 12.1 Å². The summed E-state index contributed by atoms with van der Waals surface area (Å²) in [5.41, 5.74) is 3.17. The Labute approximate surface area is 125 Å². The number of aliphatic hydroxyl groups excluding tert-OH is 1. The second-order valence-corrected chi connectivity index (χ2v) is 6.58. The van der Waals surface area contributed by atoms with Crippen LogP contribution in [0.5, 0.6) is 0 Å². The first-order valence-electron chi connectivity index (χ1n) is 8.10. The van der Waals surface area contributed by atoms with Crippen LogP contribution in [0.4, 0.5) is 5.69 Å².